The number of ether oxygens (including phenoxy) is 1. The van der Waals surface area contributed by atoms with E-state index >= 15 is 0 Å². The minimum Gasteiger partial charge on any atom is -0.368 e. The van der Waals surface area contributed by atoms with Crippen molar-refractivity contribution in [3.63, 3.8) is 0 Å². The number of hydrogen-bond donors (Lipinski definition) is 1. The average Bonchev–Trinajstić information content (AvgIpc) is 3.35. The Morgan fingerprint density at radius 1 is 1.06 bits per heavy atom. The van der Waals surface area contributed by atoms with Crippen molar-refractivity contribution < 1.29 is 14.3 Å². The summed E-state index contributed by atoms with van der Waals surface area (Å²) in [7, 11) is 0. The Morgan fingerprint density at radius 2 is 1.81 bits per heavy atom. The van der Waals surface area contributed by atoms with Gasteiger partial charge in [0.15, 0.2) is 0 Å². The lowest BCUT2D eigenvalue weighted by molar-refractivity contribution is -0.146. The van der Waals surface area contributed by atoms with E-state index in [1.54, 1.807) is 0 Å². The van der Waals surface area contributed by atoms with Crippen LogP contribution in [-0.2, 0) is 20.7 Å². The van der Waals surface area contributed by atoms with Crippen LogP contribution in [0.25, 0.3) is 11.1 Å². The highest BCUT2D eigenvalue weighted by atomic mass is 16.5. The van der Waals surface area contributed by atoms with Gasteiger partial charge in [-0.1, -0.05) is 54.6 Å². The van der Waals surface area contributed by atoms with Gasteiger partial charge < -0.3 is 15.0 Å². The number of nitrogens with zero attached hydrogens (tertiary/aromatic N) is 1. The van der Waals surface area contributed by atoms with Crippen LogP contribution in [0.5, 0.6) is 0 Å². The molecule has 1 N–H and O–H groups in total. The average molecular weight is 421 g/mol. The van der Waals surface area contributed by atoms with Crippen LogP contribution in [0.2, 0.25) is 0 Å². The molecule has 2 aliphatic heterocycles. The summed E-state index contributed by atoms with van der Waals surface area (Å²) in [4.78, 5) is 27.8. The maximum Gasteiger partial charge on any atom is 0.251 e. The van der Waals surface area contributed by atoms with Crippen LogP contribution in [0.3, 0.4) is 0 Å². The highest BCUT2D eigenvalue weighted by Gasteiger charge is 2.43. The summed E-state index contributed by atoms with van der Waals surface area (Å²) in [5.74, 6) is 0.192. The van der Waals surface area contributed by atoms with Crippen molar-refractivity contribution in [3.8, 4) is 11.1 Å². The first-order valence-electron chi connectivity index (χ1n) is 11.4. The first-order chi connectivity index (χ1) is 15.1. The third kappa shape index (κ3) is 4.82. The van der Waals surface area contributed by atoms with E-state index in [-0.39, 0.29) is 17.9 Å². The molecule has 2 aromatic rings. The van der Waals surface area contributed by atoms with Crippen molar-refractivity contribution in [1.29, 1.82) is 0 Å². The molecule has 2 aromatic carbocycles. The summed E-state index contributed by atoms with van der Waals surface area (Å²) in [6, 6.07) is 18.8. The second-order valence-corrected chi connectivity index (χ2v) is 8.71. The molecule has 2 fully saturated rings. The molecule has 5 heteroatoms. The predicted molar refractivity (Wildman–Crippen MR) is 121 cm³/mol. The summed E-state index contributed by atoms with van der Waals surface area (Å²) >= 11 is 0. The molecule has 0 aromatic heterocycles. The Kier molecular flexibility index (Phi) is 6.71. The molecular weight excluding hydrogens is 388 g/mol. The number of carbonyl (C=O) groups is 2. The van der Waals surface area contributed by atoms with Crippen LogP contribution in [-0.4, -0.2) is 49.1 Å². The van der Waals surface area contributed by atoms with E-state index in [1.165, 1.54) is 5.56 Å². The molecule has 2 heterocycles. The summed E-state index contributed by atoms with van der Waals surface area (Å²) in [5.41, 5.74) is 3.01. The number of carbonyl (C=O) groups excluding carboxylic acids is 2. The second kappa shape index (κ2) is 9.65. The highest BCUT2D eigenvalue weighted by molar-refractivity contribution is 5.85. The molecule has 4 rings (SSSR count). The Bertz CT molecular complexity index is 898. The number of likely N-dealkylation sites (tertiary alicyclic amines) is 1. The molecule has 5 nitrogen and oxygen atoms in total. The number of benzene rings is 2. The molecular formula is C26H32N2O3. The molecule has 1 atom stereocenters. The summed E-state index contributed by atoms with van der Waals surface area (Å²) in [6.45, 7) is 4.45. The van der Waals surface area contributed by atoms with Crippen molar-refractivity contribution >= 4 is 11.8 Å². The van der Waals surface area contributed by atoms with Gasteiger partial charge in [-0.2, -0.15) is 0 Å². The SMILES string of the molecule is CCNC(=O)C1(Cc2cccc(-c3ccccc3)c2)CCN(C(=O)[C@@H]2CCCO2)CC1. The molecule has 0 unspecified atom stereocenters. The fourth-order valence-electron chi connectivity index (χ4n) is 4.85. The van der Waals surface area contributed by atoms with Gasteiger partial charge in [-0.05, 0) is 55.7 Å². The van der Waals surface area contributed by atoms with Gasteiger partial charge in [-0.25, -0.2) is 0 Å². The largest absolute Gasteiger partial charge is 0.368 e. The fourth-order valence-corrected chi connectivity index (χ4v) is 4.85. The van der Waals surface area contributed by atoms with Crippen molar-refractivity contribution in [2.45, 2.75) is 45.1 Å². The zero-order valence-corrected chi connectivity index (χ0v) is 18.3. The number of amides is 2. The second-order valence-electron chi connectivity index (χ2n) is 8.71. The third-order valence-corrected chi connectivity index (χ3v) is 6.63. The van der Waals surface area contributed by atoms with Crippen LogP contribution in [0, 0.1) is 5.41 Å². The maximum absolute atomic E-state index is 13.2. The van der Waals surface area contributed by atoms with Gasteiger partial charge in [0.1, 0.15) is 6.10 Å². The maximum atomic E-state index is 13.2. The topological polar surface area (TPSA) is 58.6 Å². The quantitative estimate of drug-likeness (QED) is 0.773. The van der Waals surface area contributed by atoms with Crippen LogP contribution in [0.1, 0.15) is 38.2 Å². The molecule has 0 saturated carbocycles. The van der Waals surface area contributed by atoms with Crippen molar-refractivity contribution in [3.05, 3.63) is 60.2 Å². The first-order valence-corrected chi connectivity index (χ1v) is 11.4. The van der Waals surface area contributed by atoms with Crippen molar-refractivity contribution in [2.24, 2.45) is 5.41 Å². The standard InChI is InChI=1S/C26H32N2O3/c1-2-27-25(30)26(13-15-28(16-14-26)24(29)23-12-7-17-31-23)19-20-8-6-11-22(18-20)21-9-4-3-5-10-21/h3-6,8-11,18,23H,2,7,12-17,19H2,1H3,(H,27,30)/t23-/m0/s1. The third-order valence-electron chi connectivity index (χ3n) is 6.63. The summed E-state index contributed by atoms with van der Waals surface area (Å²) in [6.07, 6.45) is 3.49. The van der Waals surface area contributed by atoms with Gasteiger partial charge in [-0.15, -0.1) is 0 Å². The molecule has 0 radical (unpaired) electrons. The Hall–Kier alpha value is -2.66. The number of rotatable bonds is 6. The van der Waals surface area contributed by atoms with E-state index in [9.17, 15) is 9.59 Å². The van der Waals surface area contributed by atoms with Gasteiger partial charge in [0.05, 0.1) is 5.41 Å². The summed E-state index contributed by atoms with van der Waals surface area (Å²) < 4.78 is 5.59. The lowest BCUT2D eigenvalue weighted by atomic mass is 9.72. The smallest absolute Gasteiger partial charge is 0.251 e. The van der Waals surface area contributed by atoms with E-state index in [2.05, 4.69) is 41.7 Å². The molecule has 0 spiro atoms. The Balaban J connectivity index is 1.51. The minimum atomic E-state index is -0.487. The van der Waals surface area contributed by atoms with Crippen LogP contribution in [0.4, 0.5) is 0 Å². The molecule has 0 bridgehead atoms. The van der Waals surface area contributed by atoms with Crippen molar-refractivity contribution in [1.82, 2.24) is 10.2 Å². The molecule has 2 saturated heterocycles. The number of hydrogen-bond acceptors (Lipinski definition) is 3. The van der Waals surface area contributed by atoms with Gasteiger partial charge in [0, 0.05) is 26.2 Å². The monoisotopic (exact) mass is 420 g/mol. The zero-order valence-electron chi connectivity index (χ0n) is 18.3. The predicted octanol–water partition coefficient (Wildman–Crippen LogP) is 3.82. The normalized spacial score (nSPS) is 20.4. The zero-order chi connectivity index (χ0) is 21.7. The molecule has 2 aliphatic rings. The van der Waals surface area contributed by atoms with Crippen LogP contribution in [0.15, 0.2) is 54.6 Å². The van der Waals surface area contributed by atoms with Crippen LogP contribution < -0.4 is 5.32 Å². The fraction of sp³-hybridized carbons (Fsp3) is 0.462. The molecule has 164 valence electrons. The molecule has 0 aliphatic carbocycles. The van der Waals surface area contributed by atoms with Crippen LogP contribution >= 0.6 is 0 Å². The van der Waals surface area contributed by atoms with Gasteiger partial charge >= 0.3 is 0 Å². The lowest BCUT2D eigenvalue weighted by Gasteiger charge is -2.41. The lowest BCUT2D eigenvalue weighted by Crippen LogP contribution is -2.52. The Labute approximate surface area is 184 Å². The number of nitrogens with one attached hydrogen (secondary N) is 1. The van der Waals surface area contributed by atoms with E-state index < -0.39 is 5.41 Å². The van der Waals surface area contributed by atoms with Gasteiger partial charge in [0.2, 0.25) is 5.91 Å². The van der Waals surface area contributed by atoms with E-state index in [0.717, 1.165) is 24.0 Å². The highest BCUT2D eigenvalue weighted by Crippen LogP contribution is 2.37. The molecule has 2 amide bonds. The van der Waals surface area contributed by atoms with E-state index in [0.29, 0.717) is 45.5 Å². The summed E-state index contributed by atoms with van der Waals surface area (Å²) in [5, 5.41) is 3.05. The molecule has 31 heavy (non-hydrogen) atoms. The van der Waals surface area contributed by atoms with Crippen molar-refractivity contribution in [2.75, 3.05) is 26.2 Å². The first kappa shape index (κ1) is 21.6. The minimum absolute atomic E-state index is 0.0908. The Morgan fingerprint density at radius 3 is 2.48 bits per heavy atom. The number of piperidine rings is 1. The van der Waals surface area contributed by atoms with Gasteiger partial charge in [0.25, 0.3) is 5.91 Å². The van der Waals surface area contributed by atoms with E-state index in [1.807, 2.05) is 30.0 Å². The van der Waals surface area contributed by atoms with E-state index in [4.69, 9.17) is 4.74 Å². The van der Waals surface area contributed by atoms with Gasteiger partial charge in [-0.3, -0.25) is 9.59 Å².